The Morgan fingerprint density at radius 2 is 1.69 bits per heavy atom. The van der Waals surface area contributed by atoms with Crippen molar-refractivity contribution < 1.29 is 9.30 Å². The van der Waals surface area contributed by atoms with Crippen molar-refractivity contribution in [1.82, 2.24) is 24.8 Å². The van der Waals surface area contributed by atoms with Gasteiger partial charge in [0.2, 0.25) is 5.95 Å². The lowest BCUT2D eigenvalue weighted by atomic mass is 10.0. The molecule has 0 aliphatic carbocycles. The zero-order valence-electron chi connectivity index (χ0n) is 31.1. The van der Waals surface area contributed by atoms with Crippen LogP contribution in [0.4, 0.5) is 28.8 Å². The first-order valence-electron chi connectivity index (χ1n) is 17.6. The minimum atomic E-state index is -2.75. The molecule has 10 nitrogen and oxygen atoms in total. The molecule has 13 heteroatoms. The number of fused-ring (bicyclic) bond motifs is 1. The topological polar surface area (TPSA) is 98.8 Å². The van der Waals surface area contributed by atoms with Crippen LogP contribution < -0.4 is 25.6 Å². The fourth-order valence-corrected chi connectivity index (χ4v) is 9.17. The minimum absolute atomic E-state index is 0.407. The maximum atomic E-state index is 13.8. The van der Waals surface area contributed by atoms with E-state index in [9.17, 15) is 4.57 Å². The summed E-state index contributed by atoms with van der Waals surface area (Å²) in [6, 6.07) is 12.6. The Hall–Kier alpha value is -3.46. The lowest BCUT2D eigenvalue weighted by molar-refractivity contribution is 0.0982. The summed E-state index contributed by atoms with van der Waals surface area (Å²) < 4.78 is 20.3. The molecule has 0 amide bonds. The molecule has 6 rings (SSSR count). The Morgan fingerprint density at radius 3 is 2.35 bits per heavy atom. The van der Waals surface area contributed by atoms with Crippen LogP contribution in [-0.2, 0) is 4.57 Å². The number of halogens is 1. The van der Waals surface area contributed by atoms with Crippen molar-refractivity contribution in [2.45, 2.75) is 45.4 Å². The number of nitrogens with one attached hydrogen (secondary N) is 2. The van der Waals surface area contributed by atoms with Crippen LogP contribution in [-0.4, -0.2) is 106 Å². The quantitative estimate of drug-likeness (QED) is 0.108. The van der Waals surface area contributed by atoms with Crippen LogP contribution in [0.2, 0.25) is 19.6 Å². The summed E-state index contributed by atoms with van der Waals surface area (Å²) in [6.07, 6.45) is 4.05. The van der Waals surface area contributed by atoms with E-state index in [0.29, 0.717) is 28.0 Å². The van der Waals surface area contributed by atoms with Crippen LogP contribution >= 0.6 is 23.1 Å². The third-order valence-electron chi connectivity index (χ3n) is 9.57. The van der Waals surface area contributed by atoms with Crippen LogP contribution in [0, 0.1) is 18.4 Å². The first-order valence-corrected chi connectivity index (χ1v) is 24.5. The van der Waals surface area contributed by atoms with Gasteiger partial charge in [0.1, 0.15) is 32.5 Å². The molecule has 51 heavy (non-hydrogen) atoms. The largest absolute Gasteiger partial charge is 0.494 e. The third kappa shape index (κ3) is 8.95. The lowest BCUT2D eigenvalue weighted by Crippen LogP contribution is -2.52. The highest BCUT2D eigenvalue weighted by molar-refractivity contribution is 9.10. The number of ether oxygens (including phenoxy) is 1. The summed E-state index contributed by atoms with van der Waals surface area (Å²) in [5.41, 5.74) is 8.72. The van der Waals surface area contributed by atoms with Gasteiger partial charge in [-0.25, -0.2) is 9.97 Å². The van der Waals surface area contributed by atoms with E-state index in [2.05, 4.69) is 103 Å². The summed E-state index contributed by atoms with van der Waals surface area (Å²) in [6.45, 7) is 19.0. The monoisotopic (exact) mass is 788 g/mol. The highest BCUT2D eigenvalue weighted by Crippen LogP contribution is 2.42. The van der Waals surface area contributed by atoms with Gasteiger partial charge in [0, 0.05) is 74.0 Å². The van der Waals surface area contributed by atoms with Gasteiger partial charge in [-0.1, -0.05) is 25.6 Å². The number of aromatic nitrogens is 3. The number of hydrogen-bond donors (Lipinski definition) is 2. The van der Waals surface area contributed by atoms with E-state index in [1.54, 1.807) is 26.6 Å². The van der Waals surface area contributed by atoms with E-state index in [4.69, 9.17) is 14.7 Å². The summed E-state index contributed by atoms with van der Waals surface area (Å²) in [7, 11) is -0.396. The predicted molar refractivity (Wildman–Crippen MR) is 219 cm³/mol. The third-order valence-corrected chi connectivity index (χ3v) is 12.6. The standard InChI is InChI=1S/C38H50BrN8O2PSi/c1-26-23-33(35(49-3)24-34(26)47-16-13-28(14-17-47)46-20-18-45(2)19-21-46)43-38-40-25-30(39)37(44-38)42-32-12-11-31-29(36(32)50(4,5)48)10-9-27(41-31)15-22-51(6,7)8/h9-12,23-25,28H,13-14,16-21H2,1-8H3,(H2,40,42,43,44). The average molecular weight is 790 g/mol. The Balaban J connectivity index is 1.22. The first kappa shape index (κ1) is 37.3. The average Bonchev–Trinajstić information content (AvgIpc) is 3.08. The Kier molecular flexibility index (Phi) is 11.2. The van der Waals surface area contributed by atoms with Crippen LogP contribution in [0.1, 0.15) is 24.1 Å². The minimum Gasteiger partial charge on any atom is -0.494 e. The van der Waals surface area contributed by atoms with Crippen molar-refractivity contribution >= 4 is 76.2 Å². The van der Waals surface area contributed by atoms with E-state index in [1.165, 1.54) is 31.6 Å². The molecule has 2 saturated heterocycles. The van der Waals surface area contributed by atoms with Crippen LogP contribution in [0.5, 0.6) is 5.75 Å². The molecule has 2 N–H and O–H groups in total. The molecule has 2 aromatic heterocycles. The molecule has 4 aromatic rings. The number of nitrogens with zero attached hydrogens (tertiary/aromatic N) is 6. The molecule has 4 heterocycles. The van der Waals surface area contributed by atoms with Gasteiger partial charge < -0.3 is 29.7 Å². The molecule has 2 aromatic carbocycles. The van der Waals surface area contributed by atoms with Gasteiger partial charge in [-0.05, 0) is 92.0 Å². The van der Waals surface area contributed by atoms with Gasteiger partial charge in [0.15, 0.2) is 0 Å². The predicted octanol–water partition coefficient (Wildman–Crippen LogP) is 7.28. The van der Waals surface area contributed by atoms with Gasteiger partial charge in [-0.3, -0.25) is 4.90 Å². The lowest BCUT2D eigenvalue weighted by Gasteiger charge is -2.43. The number of pyridine rings is 1. The number of hydrogen-bond acceptors (Lipinski definition) is 10. The number of anilines is 5. The molecule has 270 valence electrons. The van der Waals surface area contributed by atoms with E-state index >= 15 is 0 Å². The Bertz CT molecular complexity index is 2020. The van der Waals surface area contributed by atoms with E-state index in [1.807, 2.05) is 24.3 Å². The zero-order valence-corrected chi connectivity index (χ0v) is 34.6. The summed E-state index contributed by atoms with van der Waals surface area (Å²) in [4.78, 5) is 21.8. The van der Waals surface area contributed by atoms with Gasteiger partial charge in [0.05, 0.1) is 28.5 Å². The Labute approximate surface area is 312 Å². The second-order valence-electron chi connectivity index (χ2n) is 15.1. The van der Waals surface area contributed by atoms with E-state index in [0.717, 1.165) is 65.1 Å². The summed E-state index contributed by atoms with van der Waals surface area (Å²) >= 11 is 3.62. The molecule has 0 bridgehead atoms. The first-order chi connectivity index (χ1) is 24.2. The van der Waals surface area contributed by atoms with Crippen molar-refractivity contribution in [2.24, 2.45) is 0 Å². The highest BCUT2D eigenvalue weighted by atomic mass is 79.9. The number of rotatable bonds is 8. The molecular weight excluding hydrogens is 739 g/mol. The van der Waals surface area contributed by atoms with Crippen molar-refractivity contribution in [2.75, 3.05) is 82.3 Å². The zero-order chi connectivity index (χ0) is 36.5. The van der Waals surface area contributed by atoms with Gasteiger partial charge in [-0.15, -0.1) is 5.54 Å². The van der Waals surface area contributed by atoms with Crippen LogP contribution in [0.15, 0.2) is 47.1 Å². The van der Waals surface area contributed by atoms with Crippen molar-refractivity contribution in [3.63, 3.8) is 0 Å². The molecular formula is C38H50BrN8O2PSi. The van der Waals surface area contributed by atoms with Crippen LogP contribution in [0.25, 0.3) is 10.9 Å². The smallest absolute Gasteiger partial charge is 0.229 e. The summed E-state index contributed by atoms with van der Waals surface area (Å²) in [5.74, 6) is 4.92. The second-order valence-corrected chi connectivity index (χ2v) is 23.9. The fraction of sp³-hybridized carbons (Fsp3) is 0.447. The molecule has 0 atom stereocenters. The van der Waals surface area contributed by atoms with Crippen molar-refractivity contribution in [1.29, 1.82) is 0 Å². The molecule has 2 fully saturated rings. The molecule has 0 radical (unpaired) electrons. The number of aryl methyl sites for hydroxylation is 1. The van der Waals surface area contributed by atoms with Gasteiger partial charge >= 0.3 is 0 Å². The number of methoxy groups -OCH3 is 1. The second kappa shape index (κ2) is 15.3. The fourth-order valence-electron chi connectivity index (χ4n) is 6.90. The number of likely N-dealkylation sites (N-methyl/N-ethyl adjacent to an activating group) is 1. The summed E-state index contributed by atoms with van der Waals surface area (Å²) in [5, 5.41) is 8.39. The number of piperazine rings is 1. The van der Waals surface area contributed by atoms with Gasteiger partial charge in [-0.2, -0.15) is 4.98 Å². The molecule has 0 unspecified atom stereocenters. The normalized spacial score (nSPS) is 16.5. The SMILES string of the molecule is COc1cc(N2CCC(N3CCN(C)CC3)CC2)c(C)cc1Nc1ncc(Br)c(Nc2ccc3nc(C#C[Si](C)(C)C)ccc3c2P(C)(C)=O)n1. The van der Waals surface area contributed by atoms with Crippen molar-refractivity contribution in [3.05, 3.63) is 58.3 Å². The van der Waals surface area contributed by atoms with Crippen LogP contribution in [0.3, 0.4) is 0 Å². The van der Waals surface area contributed by atoms with E-state index < -0.39 is 15.2 Å². The molecule has 2 aliphatic heterocycles. The highest BCUT2D eigenvalue weighted by Gasteiger charge is 2.28. The van der Waals surface area contributed by atoms with E-state index in [-0.39, 0.29) is 0 Å². The molecule has 0 saturated carbocycles. The molecule has 0 spiro atoms. The number of piperidine rings is 1. The van der Waals surface area contributed by atoms with Gasteiger partial charge in [0.25, 0.3) is 0 Å². The Morgan fingerprint density at radius 1 is 0.961 bits per heavy atom. The number of benzene rings is 2. The maximum Gasteiger partial charge on any atom is 0.229 e. The van der Waals surface area contributed by atoms with Crippen molar-refractivity contribution in [3.8, 4) is 17.2 Å². The maximum absolute atomic E-state index is 13.8. The molecule has 2 aliphatic rings.